The first-order valence-electron chi connectivity index (χ1n) is 10.6. The van der Waals surface area contributed by atoms with Crippen molar-refractivity contribution in [1.82, 2.24) is 14.5 Å². The molecule has 8 nitrogen and oxygen atoms in total. The monoisotopic (exact) mass is 422 g/mol. The highest BCUT2D eigenvalue weighted by molar-refractivity contribution is 5.98. The van der Waals surface area contributed by atoms with Crippen LogP contribution < -0.4 is 5.32 Å². The van der Waals surface area contributed by atoms with E-state index in [1.807, 2.05) is 12.3 Å². The number of fused-ring (bicyclic) bond motifs is 1. The number of carbonyl (C=O) groups excluding carboxylic acids is 1. The number of carbonyl (C=O) groups is 1. The summed E-state index contributed by atoms with van der Waals surface area (Å²) in [7, 11) is 1.70. The van der Waals surface area contributed by atoms with Crippen LogP contribution in [-0.4, -0.2) is 54.0 Å². The third-order valence-electron chi connectivity index (χ3n) is 5.88. The van der Waals surface area contributed by atoms with E-state index < -0.39 is 0 Å². The lowest BCUT2D eigenvalue weighted by molar-refractivity contribution is -0.114. The molecule has 1 unspecified atom stereocenters. The average Bonchev–Trinajstić information content (AvgIpc) is 3.35. The molecule has 5 heterocycles. The Morgan fingerprint density at radius 1 is 1.26 bits per heavy atom. The molecule has 2 fully saturated rings. The van der Waals surface area contributed by atoms with Crippen LogP contribution in [0.5, 0.6) is 0 Å². The van der Waals surface area contributed by atoms with Gasteiger partial charge in [-0.25, -0.2) is 4.98 Å². The second kappa shape index (κ2) is 8.37. The van der Waals surface area contributed by atoms with Gasteiger partial charge in [0.1, 0.15) is 5.82 Å². The number of hydrogen-bond acceptors (Lipinski definition) is 6. The summed E-state index contributed by atoms with van der Waals surface area (Å²) >= 11 is 0. The zero-order valence-electron chi connectivity index (χ0n) is 17.8. The molecule has 1 atom stereocenters. The maximum atomic E-state index is 11.6. The third-order valence-corrected chi connectivity index (χ3v) is 5.88. The van der Waals surface area contributed by atoms with E-state index >= 15 is 0 Å². The molecule has 31 heavy (non-hydrogen) atoms. The van der Waals surface area contributed by atoms with Gasteiger partial charge in [0.15, 0.2) is 0 Å². The zero-order chi connectivity index (χ0) is 21.4. The summed E-state index contributed by atoms with van der Waals surface area (Å²) in [5.41, 5.74) is 5.01. The summed E-state index contributed by atoms with van der Waals surface area (Å²) in [6, 6.07) is 6.40. The van der Waals surface area contributed by atoms with E-state index in [1.54, 1.807) is 7.11 Å². The molecule has 1 N–H and O–H groups in total. The van der Waals surface area contributed by atoms with Crippen molar-refractivity contribution in [3.8, 4) is 11.3 Å². The van der Waals surface area contributed by atoms with Crippen LogP contribution in [0.2, 0.25) is 0 Å². The van der Waals surface area contributed by atoms with Crippen LogP contribution in [0.1, 0.15) is 36.6 Å². The largest absolute Gasteiger partial charge is 0.381 e. The second-order valence-corrected chi connectivity index (χ2v) is 8.19. The van der Waals surface area contributed by atoms with Gasteiger partial charge in [-0.05, 0) is 30.2 Å². The third kappa shape index (κ3) is 3.94. The molecule has 2 aliphatic rings. The molecular formula is C23H26N4O4. The summed E-state index contributed by atoms with van der Waals surface area (Å²) in [6.07, 6.45) is 4.92. The highest BCUT2D eigenvalue weighted by Gasteiger charge is 2.26. The number of amides is 1. The first-order valence-corrected chi connectivity index (χ1v) is 10.6. The highest BCUT2D eigenvalue weighted by atomic mass is 16.5. The number of ether oxygens (including phenoxy) is 3. The van der Waals surface area contributed by atoms with Crippen molar-refractivity contribution in [2.75, 3.05) is 38.9 Å². The van der Waals surface area contributed by atoms with E-state index in [9.17, 15) is 4.79 Å². The SMILES string of the molecule is COCc1cc(-c2cn(C3COC3)c3cnc(NC(C)=O)cc23)nc(C2CCOC2)c1. The van der Waals surface area contributed by atoms with E-state index in [-0.39, 0.29) is 11.9 Å². The lowest BCUT2D eigenvalue weighted by Crippen LogP contribution is -2.30. The minimum Gasteiger partial charge on any atom is -0.381 e. The van der Waals surface area contributed by atoms with Gasteiger partial charge in [-0.2, -0.15) is 0 Å². The molecule has 2 saturated heterocycles. The molecule has 0 spiro atoms. The molecule has 0 bridgehead atoms. The molecule has 2 aliphatic heterocycles. The topological polar surface area (TPSA) is 87.5 Å². The van der Waals surface area contributed by atoms with Gasteiger partial charge < -0.3 is 24.1 Å². The van der Waals surface area contributed by atoms with Gasteiger partial charge >= 0.3 is 0 Å². The van der Waals surface area contributed by atoms with Gasteiger partial charge in [-0.3, -0.25) is 9.78 Å². The van der Waals surface area contributed by atoms with Crippen molar-refractivity contribution in [2.24, 2.45) is 0 Å². The fourth-order valence-electron chi connectivity index (χ4n) is 4.26. The van der Waals surface area contributed by atoms with Crippen LogP contribution in [-0.2, 0) is 25.6 Å². The number of nitrogens with zero attached hydrogens (tertiary/aromatic N) is 3. The normalized spacial score (nSPS) is 19.0. The number of nitrogens with one attached hydrogen (secondary N) is 1. The first kappa shape index (κ1) is 20.1. The molecular weight excluding hydrogens is 396 g/mol. The van der Waals surface area contributed by atoms with E-state index in [0.29, 0.717) is 38.2 Å². The van der Waals surface area contributed by atoms with E-state index in [4.69, 9.17) is 19.2 Å². The number of anilines is 1. The molecule has 3 aromatic rings. The summed E-state index contributed by atoms with van der Waals surface area (Å²) in [4.78, 5) is 21.0. The molecule has 0 aliphatic carbocycles. The quantitative estimate of drug-likeness (QED) is 0.656. The van der Waals surface area contributed by atoms with Crippen LogP contribution in [0, 0.1) is 0 Å². The van der Waals surface area contributed by atoms with Gasteiger partial charge in [0.2, 0.25) is 5.91 Å². The Labute approximate surface area is 180 Å². The predicted molar refractivity (Wildman–Crippen MR) is 116 cm³/mol. The van der Waals surface area contributed by atoms with Crippen LogP contribution in [0.4, 0.5) is 5.82 Å². The number of pyridine rings is 2. The van der Waals surface area contributed by atoms with Gasteiger partial charge in [0.05, 0.1) is 49.9 Å². The molecule has 3 aromatic heterocycles. The number of hydrogen-bond donors (Lipinski definition) is 1. The summed E-state index contributed by atoms with van der Waals surface area (Å²) in [5.74, 6) is 0.672. The van der Waals surface area contributed by atoms with Gasteiger partial charge in [0.25, 0.3) is 0 Å². The van der Waals surface area contributed by atoms with Crippen molar-refractivity contribution in [2.45, 2.75) is 31.9 Å². The highest BCUT2D eigenvalue weighted by Crippen LogP contribution is 2.36. The van der Waals surface area contributed by atoms with E-state index in [1.165, 1.54) is 6.92 Å². The Morgan fingerprint density at radius 2 is 2.13 bits per heavy atom. The van der Waals surface area contributed by atoms with Crippen LogP contribution in [0.15, 0.2) is 30.6 Å². The zero-order valence-corrected chi connectivity index (χ0v) is 17.8. The Balaban J connectivity index is 1.66. The molecule has 5 rings (SSSR count). The fourth-order valence-corrected chi connectivity index (χ4v) is 4.26. The number of methoxy groups -OCH3 is 1. The van der Waals surface area contributed by atoms with Crippen LogP contribution in [0.25, 0.3) is 22.2 Å². The summed E-state index contributed by atoms with van der Waals surface area (Å²) in [6.45, 7) is 4.82. The maximum Gasteiger partial charge on any atom is 0.222 e. The Hall–Kier alpha value is -2.81. The fraction of sp³-hybridized carbons (Fsp3) is 0.435. The lowest BCUT2D eigenvalue weighted by atomic mass is 10.0. The average molecular weight is 422 g/mol. The molecule has 0 saturated carbocycles. The van der Waals surface area contributed by atoms with E-state index in [2.05, 4.69) is 33.2 Å². The minimum atomic E-state index is -0.149. The van der Waals surface area contributed by atoms with Crippen LogP contribution >= 0.6 is 0 Å². The van der Waals surface area contributed by atoms with Gasteiger partial charge in [-0.15, -0.1) is 0 Å². The number of rotatable bonds is 6. The van der Waals surface area contributed by atoms with Crippen molar-refractivity contribution in [3.63, 3.8) is 0 Å². The Bertz CT molecular complexity index is 1120. The summed E-state index contributed by atoms with van der Waals surface area (Å²) < 4.78 is 18.7. The molecule has 162 valence electrons. The number of aromatic nitrogens is 3. The lowest BCUT2D eigenvalue weighted by Gasteiger charge is -2.28. The summed E-state index contributed by atoms with van der Waals surface area (Å²) in [5, 5.41) is 3.79. The molecule has 0 radical (unpaired) electrons. The van der Waals surface area contributed by atoms with Crippen molar-refractivity contribution in [1.29, 1.82) is 0 Å². The van der Waals surface area contributed by atoms with Crippen molar-refractivity contribution in [3.05, 3.63) is 41.9 Å². The Morgan fingerprint density at radius 3 is 2.81 bits per heavy atom. The molecule has 0 aromatic carbocycles. The molecule has 8 heteroatoms. The van der Waals surface area contributed by atoms with Crippen molar-refractivity contribution < 1.29 is 19.0 Å². The Kier molecular flexibility index (Phi) is 5.43. The van der Waals surface area contributed by atoms with Gasteiger partial charge in [0, 0.05) is 49.4 Å². The van der Waals surface area contributed by atoms with Gasteiger partial charge in [-0.1, -0.05) is 0 Å². The second-order valence-electron chi connectivity index (χ2n) is 8.19. The first-order chi connectivity index (χ1) is 15.1. The van der Waals surface area contributed by atoms with Crippen LogP contribution in [0.3, 0.4) is 0 Å². The van der Waals surface area contributed by atoms with E-state index in [0.717, 1.165) is 46.4 Å². The maximum absolute atomic E-state index is 11.6. The molecule has 1 amide bonds. The van der Waals surface area contributed by atoms with Crippen molar-refractivity contribution >= 4 is 22.6 Å². The smallest absolute Gasteiger partial charge is 0.222 e. The predicted octanol–water partition coefficient (Wildman–Crippen LogP) is 3.28. The standard InChI is InChI=1S/C23H26N4O4/c1-14(28)25-23-7-18-19(9-27(17-12-31-13-17)22(18)8-24-23)21-6-15(10-29-2)5-20(26-21)16-3-4-30-11-16/h5-9,16-17H,3-4,10-13H2,1-2H3,(H,24,25,28). The minimum absolute atomic E-state index is 0.149.